The van der Waals surface area contributed by atoms with Crippen molar-refractivity contribution in [2.75, 3.05) is 39.3 Å². The van der Waals surface area contributed by atoms with Crippen molar-refractivity contribution in [2.24, 2.45) is 0 Å². The molecular weight excluding hydrogens is 206 g/mol. The van der Waals surface area contributed by atoms with Gasteiger partial charge in [-0.15, -0.1) is 0 Å². The first-order valence-corrected chi connectivity index (χ1v) is 5.99. The first-order valence-electron chi connectivity index (χ1n) is 5.99. The summed E-state index contributed by atoms with van der Waals surface area (Å²) in [6, 6.07) is 0. The molecule has 0 atom stereocenters. The second-order valence-corrected chi connectivity index (χ2v) is 3.94. The van der Waals surface area contributed by atoms with Crippen LogP contribution < -0.4 is 5.32 Å². The zero-order chi connectivity index (χ0) is 12.0. The Morgan fingerprint density at radius 1 is 1.06 bits per heavy atom. The largest absolute Gasteiger partial charge is 0.333 e. The third-order valence-corrected chi connectivity index (χ3v) is 2.70. The van der Waals surface area contributed by atoms with Crippen molar-refractivity contribution in [1.82, 2.24) is 15.1 Å². The van der Waals surface area contributed by atoms with E-state index in [1.54, 1.807) is 9.80 Å². The lowest BCUT2D eigenvalue weighted by Crippen LogP contribution is -2.55. The van der Waals surface area contributed by atoms with Crippen molar-refractivity contribution in [3.8, 4) is 0 Å². The van der Waals surface area contributed by atoms with Crippen molar-refractivity contribution >= 4 is 11.8 Å². The molecule has 0 aromatic heterocycles. The second kappa shape index (κ2) is 6.48. The smallest absolute Gasteiger partial charge is 0.312 e. The molecule has 1 aliphatic rings. The van der Waals surface area contributed by atoms with Crippen LogP contribution in [0.25, 0.3) is 0 Å². The van der Waals surface area contributed by atoms with E-state index in [0.717, 1.165) is 19.5 Å². The predicted octanol–water partition coefficient (Wildman–Crippen LogP) is -0.323. The number of rotatable bonds is 6. The Morgan fingerprint density at radius 3 is 2.12 bits per heavy atom. The summed E-state index contributed by atoms with van der Waals surface area (Å²) in [5.41, 5.74) is 0. The molecule has 0 aromatic rings. The van der Waals surface area contributed by atoms with Gasteiger partial charge in [0.2, 0.25) is 0 Å². The number of nitrogens with zero attached hydrogens (tertiary/aromatic N) is 2. The van der Waals surface area contributed by atoms with E-state index in [1.807, 2.05) is 13.8 Å². The zero-order valence-corrected chi connectivity index (χ0v) is 10.2. The molecule has 1 saturated heterocycles. The van der Waals surface area contributed by atoms with Gasteiger partial charge in [0.15, 0.2) is 0 Å². The summed E-state index contributed by atoms with van der Waals surface area (Å²) < 4.78 is 0. The highest BCUT2D eigenvalue weighted by molar-refractivity contribution is 6.35. The number of piperazine rings is 1. The molecule has 1 fully saturated rings. The minimum absolute atomic E-state index is 0.343. The zero-order valence-electron chi connectivity index (χ0n) is 10.2. The Hall–Kier alpha value is -1.10. The van der Waals surface area contributed by atoms with Crippen LogP contribution in [0.3, 0.4) is 0 Å². The van der Waals surface area contributed by atoms with Gasteiger partial charge in [-0.2, -0.15) is 0 Å². The van der Waals surface area contributed by atoms with E-state index in [2.05, 4.69) is 5.32 Å². The quantitative estimate of drug-likeness (QED) is 0.499. The molecule has 0 aromatic carbocycles. The first kappa shape index (κ1) is 13.0. The third kappa shape index (κ3) is 3.20. The van der Waals surface area contributed by atoms with Crippen molar-refractivity contribution in [2.45, 2.75) is 20.3 Å². The number of nitrogens with one attached hydrogen (secondary N) is 1. The molecule has 5 heteroatoms. The fraction of sp³-hybridized carbons (Fsp3) is 0.818. The highest BCUT2D eigenvalue weighted by Crippen LogP contribution is 2.05. The average molecular weight is 227 g/mol. The molecule has 2 amide bonds. The molecule has 0 bridgehead atoms. The van der Waals surface area contributed by atoms with Gasteiger partial charge in [0.1, 0.15) is 0 Å². The average Bonchev–Trinajstić information content (AvgIpc) is 2.28. The van der Waals surface area contributed by atoms with Crippen LogP contribution in [0.1, 0.15) is 20.3 Å². The summed E-state index contributed by atoms with van der Waals surface area (Å²) in [4.78, 5) is 26.7. The van der Waals surface area contributed by atoms with Gasteiger partial charge < -0.3 is 15.1 Å². The maximum atomic E-state index is 11.7. The summed E-state index contributed by atoms with van der Waals surface area (Å²) in [5, 5.41) is 3.15. The summed E-state index contributed by atoms with van der Waals surface area (Å²) in [7, 11) is 0. The van der Waals surface area contributed by atoms with Crippen LogP contribution in [0.5, 0.6) is 0 Å². The summed E-state index contributed by atoms with van der Waals surface area (Å²) in [5.74, 6) is -0.692. The van der Waals surface area contributed by atoms with Gasteiger partial charge >= 0.3 is 11.8 Å². The Labute approximate surface area is 96.8 Å². The molecule has 16 heavy (non-hydrogen) atoms. The lowest BCUT2D eigenvalue weighted by atomic mass is 10.2. The van der Waals surface area contributed by atoms with Crippen LogP contribution in [-0.4, -0.2) is 60.9 Å². The first-order chi connectivity index (χ1) is 7.70. The topological polar surface area (TPSA) is 52.6 Å². The molecule has 1 N–H and O–H groups in total. The number of amides is 2. The van der Waals surface area contributed by atoms with E-state index in [0.29, 0.717) is 26.2 Å². The van der Waals surface area contributed by atoms with Crippen LogP contribution in [-0.2, 0) is 9.59 Å². The standard InChI is InChI=1S/C11H21N3O2/c1-3-6-13-8-9-14(7-5-12-4-2)11(16)10(13)15/h12H,3-9H2,1-2H3. The van der Waals surface area contributed by atoms with E-state index >= 15 is 0 Å². The summed E-state index contributed by atoms with van der Waals surface area (Å²) >= 11 is 0. The maximum Gasteiger partial charge on any atom is 0.312 e. The Bertz CT molecular complexity index is 256. The fourth-order valence-electron chi connectivity index (χ4n) is 1.80. The van der Waals surface area contributed by atoms with Crippen molar-refractivity contribution < 1.29 is 9.59 Å². The molecular formula is C11H21N3O2. The highest BCUT2D eigenvalue weighted by atomic mass is 16.2. The van der Waals surface area contributed by atoms with E-state index in [1.165, 1.54) is 0 Å². The van der Waals surface area contributed by atoms with E-state index in [9.17, 15) is 9.59 Å². The van der Waals surface area contributed by atoms with E-state index < -0.39 is 0 Å². The van der Waals surface area contributed by atoms with Gasteiger partial charge in [-0.25, -0.2) is 0 Å². The molecule has 92 valence electrons. The third-order valence-electron chi connectivity index (χ3n) is 2.70. The minimum Gasteiger partial charge on any atom is -0.333 e. The lowest BCUT2D eigenvalue weighted by Gasteiger charge is -2.33. The Balaban J connectivity index is 2.42. The molecule has 1 rings (SSSR count). The number of hydrogen-bond acceptors (Lipinski definition) is 3. The Morgan fingerprint density at radius 2 is 1.62 bits per heavy atom. The SMILES string of the molecule is CCCN1CCN(CCNCC)C(=O)C1=O. The molecule has 0 aliphatic carbocycles. The van der Waals surface area contributed by atoms with Gasteiger partial charge in [0.25, 0.3) is 0 Å². The summed E-state index contributed by atoms with van der Waals surface area (Å²) in [6.07, 6.45) is 0.899. The molecule has 1 heterocycles. The van der Waals surface area contributed by atoms with Crippen LogP contribution in [0, 0.1) is 0 Å². The monoisotopic (exact) mass is 227 g/mol. The predicted molar refractivity (Wildman–Crippen MR) is 62.0 cm³/mol. The Kier molecular flexibility index (Phi) is 5.25. The maximum absolute atomic E-state index is 11.7. The molecule has 0 spiro atoms. The van der Waals surface area contributed by atoms with Gasteiger partial charge in [-0.3, -0.25) is 9.59 Å². The number of hydrogen-bond donors (Lipinski definition) is 1. The van der Waals surface area contributed by atoms with E-state index in [4.69, 9.17) is 0 Å². The van der Waals surface area contributed by atoms with Crippen LogP contribution >= 0.6 is 0 Å². The summed E-state index contributed by atoms with van der Waals surface area (Å²) in [6.45, 7) is 8.31. The molecule has 0 saturated carbocycles. The van der Waals surface area contributed by atoms with E-state index in [-0.39, 0.29) is 11.8 Å². The van der Waals surface area contributed by atoms with Crippen molar-refractivity contribution in [1.29, 1.82) is 0 Å². The van der Waals surface area contributed by atoms with Crippen LogP contribution in [0.15, 0.2) is 0 Å². The highest BCUT2D eigenvalue weighted by Gasteiger charge is 2.31. The second-order valence-electron chi connectivity index (χ2n) is 3.94. The number of carbonyl (C=O) groups is 2. The lowest BCUT2D eigenvalue weighted by molar-refractivity contribution is -0.155. The van der Waals surface area contributed by atoms with Gasteiger partial charge in [0, 0.05) is 32.7 Å². The number of carbonyl (C=O) groups excluding carboxylic acids is 2. The number of likely N-dealkylation sites (N-methyl/N-ethyl adjacent to an activating group) is 1. The molecule has 1 aliphatic heterocycles. The molecule has 0 unspecified atom stereocenters. The normalized spacial score (nSPS) is 17.1. The van der Waals surface area contributed by atoms with Gasteiger partial charge in [-0.1, -0.05) is 13.8 Å². The van der Waals surface area contributed by atoms with Crippen molar-refractivity contribution in [3.63, 3.8) is 0 Å². The molecule has 5 nitrogen and oxygen atoms in total. The van der Waals surface area contributed by atoms with Crippen molar-refractivity contribution in [3.05, 3.63) is 0 Å². The fourth-order valence-corrected chi connectivity index (χ4v) is 1.80. The molecule has 0 radical (unpaired) electrons. The van der Waals surface area contributed by atoms with Crippen LogP contribution in [0.4, 0.5) is 0 Å². The van der Waals surface area contributed by atoms with Crippen LogP contribution in [0.2, 0.25) is 0 Å². The van der Waals surface area contributed by atoms with Gasteiger partial charge in [-0.05, 0) is 13.0 Å². The minimum atomic E-state index is -0.349. The van der Waals surface area contributed by atoms with Gasteiger partial charge in [0.05, 0.1) is 0 Å².